The van der Waals surface area contributed by atoms with E-state index in [0.717, 1.165) is 17.1 Å². The van der Waals surface area contributed by atoms with Gasteiger partial charge in [0.15, 0.2) is 0 Å². The molecule has 9 heteroatoms. The lowest BCUT2D eigenvalue weighted by atomic mass is 10.2. The monoisotopic (exact) mass is 443 g/mol. The van der Waals surface area contributed by atoms with Crippen LogP contribution in [0.1, 0.15) is 19.8 Å². The number of carbonyl (C=O) groups excluding carboxylic acids is 1. The van der Waals surface area contributed by atoms with Gasteiger partial charge in [0.2, 0.25) is 11.5 Å². The molecule has 4 aromatic rings. The van der Waals surface area contributed by atoms with E-state index in [0.29, 0.717) is 17.4 Å². The minimum atomic E-state index is -0.606. The molecule has 0 fully saturated rings. The molecule has 0 saturated heterocycles. The highest BCUT2D eigenvalue weighted by Gasteiger charge is 2.21. The summed E-state index contributed by atoms with van der Waals surface area (Å²) in [6.07, 6.45) is 1.41. The number of fused-ring (bicyclic) bond motifs is 3. The van der Waals surface area contributed by atoms with Crippen LogP contribution in [0.25, 0.3) is 22.1 Å². The second kappa shape index (κ2) is 8.39. The summed E-state index contributed by atoms with van der Waals surface area (Å²) in [6.45, 7) is 1.81. The van der Waals surface area contributed by atoms with Crippen molar-refractivity contribution in [3.63, 3.8) is 0 Å². The molecule has 160 valence electrons. The number of hydrogen-bond acceptors (Lipinski definition) is 4. The van der Waals surface area contributed by atoms with Crippen molar-refractivity contribution in [1.82, 2.24) is 9.13 Å². The van der Waals surface area contributed by atoms with Crippen LogP contribution in [0, 0.1) is 5.82 Å². The maximum Gasteiger partial charge on any atom is 0.332 e. The first-order chi connectivity index (χ1) is 14.9. The Balaban J connectivity index is 1.83. The van der Waals surface area contributed by atoms with Crippen molar-refractivity contribution < 1.29 is 13.6 Å². The van der Waals surface area contributed by atoms with Gasteiger partial charge < -0.3 is 9.73 Å². The molecule has 0 radical (unpaired) electrons. The van der Waals surface area contributed by atoms with Crippen molar-refractivity contribution in [2.75, 3.05) is 5.32 Å². The predicted molar refractivity (Wildman–Crippen MR) is 117 cm³/mol. The number of amides is 1. The topological polar surface area (TPSA) is 86.2 Å². The third kappa shape index (κ3) is 3.86. The Bertz CT molecular complexity index is 1420. The van der Waals surface area contributed by atoms with Gasteiger partial charge in [-0.05, 0) is 36.8 Å². The lowest BCUT2D eigenvalue weighted by Crippen LogP contribution is -2.41. The molecule has 2 heterocycles. The highest BCUT2D eigenvalue weighted by Crippen LogP contribution is 2.25. The van der Waals surface area contributed by atoms with E-state index in [1.165, 1.54) is 16.7 Å². The molecule has 0 aliphatic heterocycles. The van der Waals surface area contributed by atoms with Crippen LogP contribution in [-0.4, -0.2) is 15.0 Å². The van der Waals surface area contributed by atoms with Gasteiger partial charge in [0, 0.05) is 17.6 Å². The van der Waals surface area contributed by atoms with E-state index >= 15 is 0 Å². The first kappa shape index (κ1) is 20.9. The lowest BCUT2D eigenvalue weighted by Gasteiger charge is -2.12. The molecule has 0 aliphatic rings. The van der Waals surface area contributed by atoms with E-state index in [4.69, 9.17) is 16.0 Å². The first-order valence-corrected chi connectivity index (χ1v) is 10.2. The molecular formula is C22H19ClFN3O4. The largest absolute Gasteiger partial charge is 0.449 e. The summed E-state index contributed by atoms with van der Waals surface area (Å²) in [5.41, 5.74) is -0.0876. The maximum atomic E-state index is 13.4. The number of nitrogens with one attached hydrogen (secondary N) is 1. The summed E-state index contributed by atoms with van der Waals surface area (Å²) in [4.78, 5) is 38.8. The number of hydrogen-bond donors (Lipinski definition) is 1. The van der Waals surface area contributed by atoms with Crippen LogP contribution in [0.15, 0.2) is 56.5 Å². The van der Waals surface area contributed by atoms with Gasteiger partial charge >= 0.3 is 5.69 Å². The Kier molecular flexibility index (Phi) is 5.65. The minimum Gasteiger partial charge on any atom is -0.449 e. The minimum absolute atomic E-state index is 0.0227. The van der Waals surface area contributed by atoms with Crippen LogP contribution in [0.2, 0.25) is 5.02 Å². The SMILES string of the molecule is CCCCn1c(=O)c2oc3ccccc3c2n(CC(=O)Nc2ccc(F)c(Cl)c2)c1=O. The molecule has 0 unspecified atom stereocenters. The highest BCUT2D eigenvalue weighted by molar-refractivity contribution is 6.31. The fourth-order valence-electron chi connectivity index (χ4n) is 3.47. The van der Waals surface area contributed by atoms with Gasteiger partial charge in [0.1, 0.15) is 23.5 Å². The molecule has 2 aromatic heterocycles. The Labute approximate surface area is 180 Å². The number of nitrogens with zero attached hydrogens (tertiary/aromatic N) is 2. The number of aromatic nitrogens is 2. The zero-order chi connectivity index (χ0) is 22.1. The number of anilines is 1. The lowest BCUT2D eigenvalue weighted by molar-refractivity contribution is -0.116. The summed E-state index contributed by atoms with van der Waals surface area (Å²) < 4.78 is 21.4. The van der Waals surface area contributed by atoms with Gasteiger partial charge in [-0.3, -0.25) is 18.7 Å². The van der Waals surface area contributed by atoms with Gasteiger partial charge in [-0.15, -0.1) is 0 Å². The molecule has 31 heavy (non-hydrogen) atoms. The number of carbonyl (C=O) groups is 1. The molecule has 0 atom stereocenters. The quantitative estimate of drug-likeness (QED) is 0.485. The number of halogens is 2. The number of furan rings is 1. The molecule has 1 amide bonds. The van der Waals surface area contributed by atoms with Crippen LogP contribution in [0.5, 0.6) is 0 Å². The van der Waals surface area contributed by atoms with Gasteiger partial charge in [-0.2, -0.15) is 0 Å². The third-order valence-electron chi connectivity index (χ3n) is 4.98. The second-order valence-electron chi connectivity index (χ2n) is 7.13. The molecule has 0 spiro atoms. The molecule has 1 N–H and O–H groups in total. The zero-order valence-corrected chi connectivity index (χ0v) is 17.4. The summed E-state index contributed by atoms with van der Waals surface area (Å²) >= 11 is 5.77. The van der Waals surface area contributed by atoms with Crippen molar-refractivity contribution in [3.05, 3.63) is 74.1 Å². The Morgan fingerprint density at radius 1 is 1.16 bits per heavy atom. The number of unbranched alkanes of at least 4 members (excludes halogenated alkanes) is 1. The first-order valence-electron chi connectivity index (χ1n) is 9.80. The van der Waals surface area contributed by atoms with E-state index in [1.54, 1.807) is 24.3 Å². The van der Waals surface area contributed by atoms with Crippen LogP contribution >= 0.6 is 11.6 Å². The molecular weight excluding hydrogens is 425 g/mol. The van der Waals surface area contributed by atoms with Crippen LogP contribution in [-0.2, 0) is 17.9 Å². The smallest absolute Gasteiger partial charge is 0.332 e. The average Bonchev–Trinajstić information content (AvgIpc) is 3.14. The van der Waals surface area contributed by atoms with Crippen molar-refractivity contribution >= 4 is 45.3 Å². The summed E-state index contributed by atoms with van der Waals surface area (Å²) in [5.74, 6) is -1.14. The van der Waals surface area contributed by atoms with E-state index < -0.39 is 23.0 Å². The summed E-state index contributed by atoms with van der Waals surface area (Å²) in [5, 5.41) is 3.03. The molecule has 0 bridgehead atoms. The molecule has 0 saturated carbocycles. The van der Waals surface area contributed by atoms with E-state index in [1.807, 2.05) is 6.92 Å². The van der Waals surface area contributed by atoms with Gasteiger partial charge in [0.25, 0.3) is 5.56 Å². The zero-order valence-electron chi connectivity index (χ0n) is 16.7. The van der Waals surface area contributed by atoms with Crippen molar-refractivity contribution in [1.29, 1.82) is 0 Å². The summed E-state index contributed by atoms with van der Waals surface area (Å²) in [7, 11) is 0. The fourth-order valence-corrected chi connectivity index (χ4v) is 3.65. The van der Waals surface area contributed by atoms with E-state index in [-0.39, 0.29) is 34.9 Å². The van der Waals surface area contributed by atoms with Gasteiger partial charge in [-0.25, -0.2) is 9.18 Å². The molecule has 2 aromatic carbocycles. The van der Waals surface area contributed by atoms with Crippen LogP contribution < -0.4 is 16.6 Å². The fraction of sp³-hybridized carbons (Fsp3) is 0.227. The molecule has 4 rings (SSSR count). The van der Waals surface area contributed by atoms with E-state index in [2.05, 4.69) is 5.32 Å². The standard InChI is InChI=1S/C22H19ClFN3O4/c1-2-3-10-26-21(29)20-19(14-6-4-5-7-17(14)31-20)27(22(26)30)12-18(28)25-13-8-9-16(24)15(23)11-13/h4-9,11H,2-3,10,12H2,1H3,(H,25,28). The van der Waals surface area contributed by atoms with Gasteiger partial charge in [0.05, 0.1) is 5.02 Å². The van der Waals surface area contributed by atoms with Crippen molar-refractivity contribution in [2.45, 2.75) is 32.9 Å². The Morgan fingerprint density at radius 3 is 2.68 bits per heavy atom. The predicted octanol–water partition coefficient (Wildman–Crippen LogP) is 4.14. The van der Waals surface area contributed by atoms with Gasteiger partial charge in [-0.1, -0.05) is 37.1 Å². The number of benzene rings is 2. The Morgan fingerprint density at radius 2 is 1.94 bits per heavy atom. The second-order valence-corrected chi connectivity index (χ2v) is 7.54. The maximum absolute atomic E-state index is 13.4. The average molecular weight is 444 g/mol. The number of rotatable bonds is 6. The van der Waals surface area contributed by atoms with Crippen molar-refractivity contribution in [3.8, 4) is 0 Å². The third-order valence-corrected chi connectivity index (χ3v) is 5.27. The molecule has 0 aliphatic carbocycles. The van der Waals surface area contributed by atoms with E-state index in [9.17, 15) is 18.8 Å². The Hall–Kier alpha value is -3.39. The highest BCUT2D eigenvalue weighted by atomic mass is 35.5. The van der Waals surface area contributed by atoms with Crippen LogP contribution in [0.4, 0.5) is 10.1 Å². The van der Waals surface area contributed by atoms with Crippen LogP contribution in [0.3, 0.4) is 0 Å². The van der Waals surface area contributed by atoms with Crippen molar-refractivity contribution in [2.24, 2.45) is 0 Å². The normalized spacial score (nSPS) is 11.3. The molecule has 7 nitrogen and oxygen atoms in total. The number of para-hydroxylation sites is 1. The summed E-state index contributed by atoms with van der Waals surface area (Å²) in [6, 6.07) is 10.7.